The van der Waals surface area contributed by atoms with E-state index in [4.69, 9.17) is 16.3 Å². The average molecular weight is 237 g/mol. The monoisotopic (exact) mass is 236 g/mol. The van der Waals surface area contributed by atoms with Crippen LogP contribution in [0.4, 0.5) is 13.2 Å². The van der Waals surface area contributed by atoms with Crippen molar-refractivity contribution < 1.29 is 17.9 Å². The maximum absolute atomic E-state index is 12.6. The Morgan fingerprint density at radius 2 is 2.07 bits per heavy atom. The SMILES string of the molecule is FC(F)(F)c1cc(Cl)ccc1CC1CO1. The number of alkyl halides is 3. The van der Waals surface area contributed by atoms with E-state index < -0.39 is 11.7 Å². The van der Waals surface area contributed by atoms with Gasteiger partial charge in [0.1, 0.15) is 0 Å². The van der Waals surface area contributed by atoms with Crippen LogP contribution in [0, 0.1) is 0 Å². The van der Waals surface area contributed by atoms with Crippen LogP contribution in [-0.4, -0.2) is 12.7 Å². The van der Waals surface area contributed by atoms with E-state index in [0.717, 1.165) is 6.07 Å². The van der Waals surface area contributed by atoms with Crippen LogP contribution < -0.4 is 0 Å². The van der Waals surface area contributed by atoms with Crippen LogP contribution >= 0.6 is 11.6 Å². The van der Waals surface area contributed by atoms with Gasteiger partial charge in [-0.15, -0.1) is 0 Å². The van der Waals surface area contributed by atoms with Gasteiger partial charge in [0, 0.05) is 11.4 Å². The van der Waals surface area contributed by atoms with Crippen LogP contribution in [-0.2, 0) is 17.3 Å². The molecule has 0 N–H and O–H groups in total. The van der Waals surface area contributed by atoms with Crippen LogP contribution in [0.25, 0.3) is 0 Å². The summed E-state index contributed by atoms with van der Waals surface area (Å²) in [5, 5.41) is 0.0998. The van der Waals surface area contributed by atoms with Crippen molar-refractivity contribution in [3.8, 4) is 0 Å². The minimum atomic E-state index is -4.35. The first-order valence-corrected chi connectivity index (χ1v) is 4.82. The van der Waals surface area contributed by atoms with E-state index in [2.05, 4.69) is 0 Å². The fourth-order valence-electron chi connectivity index (χ4n) is 1.42. The zero-order valence-electron chi connectivity index (χ0n) is 7.64. The van der Waals surface area contributed by atoms with Gasteiger partial charge in [-0.2, -0.15) is 13.2 Å². The van der Waals surface area contributed by atoms with Gasteiger partial charge < -0.3 is 4.74 Å². The van der Waals surface area contributed by atoms with Crippen molar-refractivity contribution in [3.05, 3.63) is 34.3 Å². The van der Waals surface area contributed by atoms with Gasteiger partial charge in [0.25, 0.3) is 0 Å². The molecule has 82 valence electrons. The van der Waals surface area contributed by atoms with E-state index in [1.807, 2.05) is 0 Å². The highest BCUT2D eigenvalue weighted by Gasteiger charge is 2.35. The Labute approximate surface area is 89.8 Å². The highest BCUT2D eigenvalue weighted by atomic mass is 35.5. The summed E-state index contributed by atoms with van der Waals surface area (Å²) in [5.41, 5.74) is -0.417. The summed E-state index contributed by atoms with van der Waals surface area (Å²) in [7, 11) is 0. The molecule has 1 aromatic rings. The molecular weight excluding hydrogens is 229 g/mol. The fourth-order valence-corrected chi connectivity index (χ4v) is 1.59. The van der Waals surface area contributed by atoms with E-state index in [1.165, 1.54) is 12.1 Å². The highest BCUT2D eigenvalue weighted by Crippen LogP contribution is 2.35. The number of benzene rings is 1. The molecule has 0 aliphatic carbocycles. The summed E-state index contributed by atoms with van der Waals surface area (Å²) < 4.78 is 42.7. The maximum atomic E-state index is 12.6. The molecule has 1 aromatic carbocycles. The van der Waals surface area contributed by atoms with Gasteiger partial charge in [-0.1, -0.05) is 17.7 Å². The Kier molecular flexibility index (Phi) is 2.64. The van der Waals surface area contributed by atoms with E-state index in [-0.39, 0.29) is 16.7 Å². The van der Waals surface area contributed by atoms with Crippen molar-refractivity contribution in [3.63, 3.8) is 0 Å². The Morgan fingerprint density at radius 1 is 1.40 bits per heavy atom. The molecule has 1 saturated heterocycles. The quantitative estimate of drug-likeness (QED) is 0.718. The normalized spacial score (nSPS) is 20.4. The molecule has 2 rings (SSSR count). The number of epoxide rings is 1. The van der Waals surface area contributed by atoms with E-state index in [0.29, 0.717) is 13.0 Å². The van der Waals surface area contributed by atoms with Crippen molar-refractivity contribution in [1.29, 1.82) is 0 Å². The predicted molar refractivity (Wildman–Crippen MR) is 49.9 cm³/mol. The number of halogens is 4. The topological polar surface area (TPSA) is 12.5 Å². The molecule has 0 spiro atoms. The molecule has 0 saturated carbocycles. The fraction of sp³-hybridized carbons (Fsp3) is 0.400. The molecule has 1 nitrogen and oxygen atoms in total. The summed E-state index contributed by atoms with van der Waals surface area (Å²) in [6, 6.07) is 3.83. The van der Waals surface area contributed by atoms with E-state index >= 15 is 0 Å². The Balaban J connectivity index is 2.34. The average Bonchev–Trinajstić information content (AvgIpc) is 2.90. The predicted octanol–water partition coefficient (Wildman–Crippen LogP) is 3.30. The van der Waals surface area contributed by atoms with Crippen LogP contribution in [0.3, 0.4) is 0 Å². The third-order valence-corrected chi connectivity index (χ3v) is 2.46. The first-order chi connectivity index (χ1) is 6.97. The minimum Gasteiger partial charge on any atom is -0.373 e. The lowest BCUT2D eigenvalue weighted by atomic mass is 10.0. The highest BCUT2D eigenvalue weighted by molar-refractivity contribution is 6.30. The first kappa shape index (κ1) is 10.8. The molecule has 1 heterocycles. The van der Waals surface area contributed by atoms with E-state index in [9.17, 15) is 13.2 Å². The Hall–Kier alpha value is -0.740. The van der Waals surface area contributed by atoms with Crippen molar-refractivity contribution in [2.75, 3.05) is 6.61 Å². The second-order valence-corrected chi connectivity index (χ2v) is 3.90. The van der Waals surface area contributed by atoms with E-state index in [1.54, 1.807) is 0 Å². The third-order valence-electron chi connectivity index (χ3n) is 2.23. The molecule has 0 amide bonds. The number of hydrogen-bond acceptors (Lipinski definition) is 1. The molecule has 1 aliphatic heterocycles. The smallest absolute Gasteiger partial charge is 0.373 e. The molecular formula is C10H8ClF3O. The van der Waals surface area contributed by atoms with Gasteiger partial charge in [0.2, 0.25) is 0 Å². The maximum Gasteiger partial charge on any atom is 0.416 e. The van der Waals surface area contributed by atoms with Crippen molar-refractivity contribution in [2.24, 2.45) is 0 Å². The molecule has 1 atom stereocenters. The van der Waals surface area contributed by atoms with Gasteiger partial charge in [-0.25, -0.2) is 0 Å². The van der Waals surface area contributed by atoms with Crippen molar-refractivity contribution in [1.82, 2.24) is 0 Å². The molecule has 1 aliphatic rings. The lowest BCUT2D eigenvalue weighted by molar-refractivity contribution is -0.138. The molecule has 5 heteroatoms. The standard InChI is InChI=1S/C10H8ClF3O/c11-7-2-1-6(3-8-5-15-8)9(4-7)10(12,13)14/h1-2,4,8H,3,5H2. The summed E-state index contributed by atoms with van der Waals surface area (Å²) in [5.74, 6) is 0. The van der Waals surface area contributed by atoms with Crippen LogP contribution in [0.2, 0.25) is 5.02 Å². The lowest BCUT2D eigenvalue weighted by Gasteiger charge is -2.12. The number of ether oxygens (including phenoxy) is 1. The minimum absolute atomic E-state index is 0.0627. The first-order valence-electron chi connectivity index (χ1n) is 4.44. The number of hydrogen-bond donors (Lipinski definition) is 0. The largest absolute Gasteiger partial charge is 0.416 e. The molecule has 0 bridgehead atoms. The molecule has 1 unspecified atom stereocenters. The lowest BCUT2D eigenvalue weighted by Crippen LogP contribution is -2.10. The van der Waals surface area contributed by atoms with Gasteiger partial charge >= 0.3 is 6.18 Å². The second kappa shape index (κ2) is 3.68. The molecule has 0 radical (unpaired) electrons. The molecule has 0 aromatic heterocycles. The Bertz CT molecular complexity index is 371. The summed E-state index contributed by atoms with van der Waals surface area (Å²) in [6.45, 7) is 0.542. The molecule has 15 heavy (non-hydrogen) atoms. The second-order valence-electron chi connectivity index (χ2n) is 3.46. The van der Waals surface area contributed by atoms with Gasteiger partial charge in [0.15, 0.2) is 0 Å². The summed E-state index contributed by atoms with van der Waals surface area (Å²) in [6.07, 6.45) is -4.12. The molecule has 1 fully saturated rings. The summed E-state index contributed by atoms with van der Waals surface area (Å²) in [4.78, 5) is 0. The zero-order chi connectivity index (χ0) is 11.1. The van der Waals surface area contributed by atoms with Gasteiger partial charge in [-0.3, -0.25) is 0 Å². The number of rotatable bonds is 2. The van der Waals surface area contributed by atoms with Crippen LogP contribution in [0.5, 0.6) is 0 Å². The Morgan fingerprint density at radius 3 is 2.60 bits per heavy atom. The van der Waals surface area contributed by atoms with Crippen LogP contribution in [0.1, 0.15) is 11.1 Å². The van der Waals surface area contributed by atoms with Gasteiger partial charge in [-0.05, 0) is 17.7 Å². The van der Waals surface area contributed by atoms with Crippen LogP contribution in [0.15, 0.2) is 18.2 Å². The summed E-state index contributed by atoms with van der Waals surface area (Å²) >= 11 is 5.54. The van der Waals surface area contributed by atoms with Crippen molar-refractivity contribution in [2.45, 2.75) is 18.7 Å². The van der Waals surface area contributed by atoms with Crippen molar-refractivity contribution >= 4 is 11.6 Å². The zero-order valence-corrected chi connectivity index (χ0v) is 8.40. The third kappa shape index (κ3) is 2.63. The van der Waals surface area contributed by atoms with Gasteiger partial charge in [0.05, 0.1) is 18.3 Å².